The van der Waals surface area contributed by atoms with E-state index in [1.165, 1.54) is 0 Å². The van der Waals surface area contributed by atoms with Crippen molar-refractivity contribution in [2.45, 2.75) is 27.2 Å². The Labute approximate surface area is 159 Å². The third kappa shape index (κ3) is 5.49. The van der Waals surface area contributed by atoms with Crippen LogP contribution in [0.1, 0.15) is 43.1 Å². The van der Waals surface area contributed by atoms with Crippen molar-refractivity contribution in [3.63, 3.8) is 0 Å². The molecular formula is C20H23ClN2O3. The first-order chi connectivity index (χ1) is 12.5. The second-order valence-corrected chi connectivity index (χ2v) is 6.02. The topological polar surface area (TPSA) is 59.9 Å². The quantitative estimate of drug-likeness (QED) is 0.539. The first kappa shape index (κ1) is 19.8. The predicted molar refractivity (Wildman–Crippen MR) is 105 cm³/mol. The number of rotatable bonds is 8. The Bertz CT molecular complexity index is 773. The van der Waals surface area contributed by atoms with E-state index in [4.69, 9.17) is 21.1 Å². The molecule has 1 N–H and O–H groups in total. The smallest absolute Gasteiger partial charge is 0.271 e. The third-order valence-corrected chi connectivity index (χ3v) is 3.78. The minimum atomic E-state index is -0.300. The number of hydrogen-bond donors (Lipinski definition) is 1. The third-order valence-electron chi connectivity index (χ3n) is 3.55. The molecule has 0 aliphatic heterocycles. The van der Waals surface area contributed by atoms with Gasteiger partial charge in [0, 0.05) is 16.1 Å². The van der Waals surface area contributed by atoms with Crippen LogP contribution in [-0.4, -0.2) is 24.8 Å². The number of hydrogen-bond acceptors (Lipinski definition) is 4. The fraction of sp³-hybridized carbons (Fsp3) is 0.300. The van der Waals surface area contributed by atoms with Gasteiger partial charge >= 0.3 is 0 Å². The van der Waals surface area contributed by atoms with Gasteiger partial charge in [-0.15, -0.1) is 0 Å². The Balaban J connectivity index is 2.08. The van der Waals surface area contributed by atoms with E-state index in [1.54, 1.807) is 49.4 Å². The van der Waals surface area contributed by atoms with Crippen LogP contribution in [-0.2, 0) is 0 Å². The summed E-state index contributed by atoms with van der Waals surface area (Å²) in [7, 11) is 0. The number of nitrogens with one attached hydrogen (secondary N) is 1. The summed E-state index contributed by atoms with van der Waals surface area (Å²) in [4.78, 5) is 12.3. The average molecular weight is 375 g/mol. The molecule has 5 nitrogen and oxygen atoms in total. The summed E-state index contributed by atoms with van der Waals surface area (Å²) in [5, 5.41) is 4.75. The first-order valence-electron chi connectivity index (χ1n) is 8.55. The zero-order valence-electron chi connectivity index (χ0n) is 15.2. The van der Waals surface area contributed by atoms with Gasteiger partial charge in [0.1, 0.15) is 11.5 Å². The Kier molecular flexibility index (Phi) is 7.48. The van der Waals surface area contributed by atoms with Crippen molar-refractivity contribution in [3.05, 3.63) is 58.6 Å². The minimum absolute atomic E-state index is 0.300. The Morgan fingerprint density at radius 3 is 2.50 bits per heavy atom. The van der Waals surface area contributed by atoms with E-state index in [0.29, 0.717) is 35.3 Å². The molecular weight excluding hydrogens is 352 g/mol. The van der Waals surface area contributed by atoms with Crippen molar-refractivity contribution < 1.29 is 14.3 Å². The maximum Gasteiger partial charge on any atom is 0.271 e. The van der Waals surface area contributed by atoms with Crippen molar-refractivity contribution in [1.82, 2.24) is 5.43 Å². The van der Waals surface area contributed by atoms with Gasteiger partial charge in [-0.2, -0.15) is 5.10 Å². The number of halogens is 1. The second kappa shape index (κ2) is 9.82. The lowest BCUT2D eigenvalue weighted by molar-refractivity contribution is 0.0955. The fourth-order valence-corrected chi connectivity index (χ4v) is 2.42. The van der Waals surface area contributed by atoms with Crippen LogP contribution in [0.2, 0.25) is 5.02 Å². The summed E-state index contributed by atoms with van der Waals surface area (Å²) in [6.45, 7) is 6.91. The van der Waals surface area contributed by atoms with Crippen molar-refractivity contribution >= 4 is 23.2 Å². The molecule has 1 amide bonds. The molecule has 0 atom stereocenters. The lowest BCUT2D eigenvalue weighted by atomic mass is 10.1. The number of benzene rings is 2. The van der Waals surface area contributed by atoms with E-state index in [9.17, 15) is 4.79 Å². The van der Waals surface area contributed by atoms with E-state index < -0.39 is 0 Å². The normalized spacial score (nSPS) is 11.2. The molecule has 0 unspecified atom stereocenters. The van der Waals surface area contributed by atoms with Gasteiger partial charge in [0.15, 0.2) is 0 Å². The van der Waals surface area contributed by atoms with E-state index in [2.05, 4.69) is 10.5 Å². The largest absolute Gasteiger partial charge is 0.494 e. The zero-order chi connectivity index (χ0) is 18.9. The van der Waals surface area contributed by atoms with Gasteiger partial charge in [-0.3, -0.25) is 4.79 Å². The monoisotopic (exact) mass is 374 g/mol. The molecule has 26 heavy (non-hydrogen) atoms. The molecule has 0 saturated heterocycles. The maximum atomic E-state index is 12.3. The molecule has 0 aliphatic rings. The van der Waals surface area contributed by atoms with Crippen LogP contribution in [0.25, 0.3) is 0 Å². The van der Waals surface area contributed by atoms with Gasteiger partial charge in [0.25, 0.3) is 5.91 Å². The van der Waals surface area contributed by atoms with Crippen LogP contribution in [0.15, 0.2) is 47.6 Å². The SMILES string of the molecule is CCCOc1ccc(C(=O)N/N=C(/C)c2cc(Cl)ccc2OCC)cc1. The number of nitrogens with zero attached hydrogens (tertiary/aromatic N) is 1. The standard InChI is InChI=1S/C20H23ClN2O3/c1-4-12-26-17-9-6-15(7-10-17)20(24)23-22-14(3)18-13-16(21)8-11-19(18)25-5-2/h6-11,13H,4-5,12H2,1-3H3,(H,23,24)/b22-14-. The summed E-state index contributed by atoms with van der Waals surface area (Å²) in [6, 6.07) is 12.3. The number of amides is 1. The van der Waals surface area contributed by atoms with Gasteiger partial charge in [-0.1, -0.05) is 18.5 Å². The van der Waals surface area contributed by atoms with Crippen LogP contribution in [0, 0.1) is 0 Å². The van der Waals surface area contributed by atoms with Crippen molar-refractivity contribution in [3.8, 4) is 11.5 Å². The minimum Gasteiger partial charge on any atom is -0.494 e. The number of carbonyl (C=O) groups is 1. The second-order valence-electron chi connectivity index (χ2n) is 5.58. The zero-order valence-corrected chi connectivity index (χ0v) is 16.0. The number of carbonyl (C=O) groups excluding carboxylic acids is 1. The lowest BCUT2D eigenvalue weighted by Gasteiger charge is -2.10. The van der Waals surface area contributed by atoms with Crippen LogP contribution < -0.4 is 14.9 Å². The molecule has 6 heteroatoms. The highest BCUT2D eigenvalue weighted by Crippen LogP contribution is 2.23. The predicted octanol–water partition coefficient (Wildman–Crippen LogP) is 4.68. The number of hydrazone groups is 1. The van der Waals surface area contributed by atoms with Gasteiger partial charge in [-0.25, -0.2) is 5.43 Å². The Hall–Kier alpha value is -2.53. The van der Waals surface area contributed by atoms with Crippen molar-refractivity contribution in [2.75, 3.05) is 13.2 Å². The average Bonchev–Trinajstić information content (AvgIpc) is 2.66. The highest BCUT2D eigenvalue weighted by molar-refractivity contribution is 6.31. The molecule has 138 valence electrons. The molecule has 0 saturated carbocycles. The summed E-state index contributed by atoms with van der Waals surface area (Å²) < 4.78 is 11.1. The summed E-state index contributed by atoms with van der Waals surface area (Å²) in [6.07, 6.45) is 0.934. The van der Waals surface area contributed by atoms with Crippen LogP contribution >= 0.6 is 11.6 Å². The van der Waals surface area contributed by atoms with E-state index in [0.717, 1.165) is 17.7 Å². The maximum absolute atomic E-state index is 12.3. The number of ether oxygens (including phenoxy) is 2. The van der Waals surface area contributed by atoms with Crippen molar-refractivity contribution in [2.24, 2.45) is 5.10 Å². The first-order valence-corrected chi connectivity index (χ1v) is 8.93. The summed E-state index contributed by atoms with van der Waals surface area (Å²) in [5.74, 6) is 1.11. The lowest BCUT2D eigenvalue weighted by Crippen LogP contribution is -2.19. The molecule has 0 aromatic heterocycles. The summed E-state index contributed by atoms with van der Waals surface area (Å²) >= 11 is 6.06. The van der Waals surface area contributed by atoms with E-state index >= 15 is 0 Å². The van der Waals surface area contributed by atoms with Crippen molar-refractivity contribution in [1.29, 1.82) is 0 Å². The Morgan fingerprint density at radius 2 is 1.85 bits per heavy atom. The Morgan fingerprint density at radius 1 is 1.12 bits per heavy atom. The molecule has 2 rings (SSSR count). The summed E-state index contributed by atoms with van der Waals surface area (Å²) in [5.41, 5.74) is 4.40. The van der Waals surface area contributed by atoms with Gasteiger partial charge in [0.2, 0.25) is 0 Å². The molecule has 0 heterocycles. The molecule has 0 radical (unpaired) electrons. The molecule has 0 bridgehead atoms. The molecule has 2 aromatic carbocycles. The van der Waals surface area contributed by atoms with Gasteiger partial charge in [-0.05, 0) is 62.7 Å². The van der Waals surface area contributed by atoms with E-state index in [1.807, 2.05) is 13.8 Å². The van der Waals surface area contributed by atoms with Gasteiger partial charge in [0.05, 0.1) is 18.9 Å². The highest BCUT2D eigenvalue weighted by atomic mass is 35.5. The van der Waals surface area contributed by atoms with Crippen LogP contribution in [0.4, 0.5) is 0 Å². The van der Waals surface area contributed by atoms with E-state index in [-0.39, 0.29) is 5.91 Å². The molecule has 2 aromatic rings. The molecule has 0 spiro atoms. The van der Waals surface area contributed by atoms with Crippen LogP contribution in [0.3, 0.4) is 0 Å². The van der Waals surface area contributed by atoms with Crippen LogP contribution in [0.5, 0.6) is 11.5 Å². The fourth-order valence-electron chi connectivity index (χ4n) is 2.25. The molecule has 0 aliphatic carbocycles. The highest BCUT2D eigenvalue weighted by Gasteiger charge is 2.10. The van der Waals surface area contributed by atoms with Gasteiger partial charge < -0.3 is 9.47 Å². The molecule has 0 fully saturated rings.